The van der Waals surface area contributed by atoms with E-state index in [1.54, 1.807) is 19.1 Å². The third-order valence-electron chi connectivity index (χ3n) is 4.65. The molecule has 6 nitrogen and oxygen atoms in total. The summed E-state index contributed by atoms with van der Waals surface area (Å²) in [6.07, 6.45) is 0.179. The highest BCUT2D eigenvalue weighted by Gasteiger charge is 2.18. The van der Waals surface area contributed by atoms with Crippen LogP contribution in [0.1, 0.15) is 16.8 Å². The van der Waals surface area contributed by atoms with E-state index in [0.717, 1.165) is 11.1 Å². The number of nitrogens with zero attached hydrogens (tertiary/aromatic N) is 2. The molecular weight excluding hydrogens is 390 g/mol. The van der Waals surface area contributed by atoms with Crippen molar-refractivity contribution in [1.29, 1.82) is 0 Å². The Labute approximate surface area is 173 Å². The number of anilines is 1. The lowest BCUT2D eigenvalue weighted by Gasteiger charge is -2.16. The molecule has 29 heavy (non-hydrogen) atoms. The molecule has 150 valence electrons. The van der Waals surface area contributed by atoms with Crippen LogP contribution in [0.25, 0.3) is 11.4 Å². The maximum atomic E-state index is 13.1. The summed E-state index contributed by atoms with van der Waals surface area (Å²) in [6.45, 7) is 3.18. The highest BCUT2D eigenvalue weighted by Crippen LogP contribution is 2.25. The first-order valence-corrected chi connectivity index (χ1v) is 9.61. The number of para-hydroxylation sites is 1. The van der Waals surface area contributed by atoms with Crippen molar-refractivity contribution in [1.82, 2.24) is 9.55 Å². The van der Waals surface area contributed by atoms with Crippen molar-refractivity contribution in [2.75, 3.05) is 11.9 Å². The summed E-state index contributed by atoms with van der Waals surface area (Å²) in [5.41, 5.74) is 2.67. The lowest BCUT2D eigenvalue weighted by molar-refractivity contribution is -0.116. The zero-order chi connectivity index (χ0) is 21.0. The van der Waals surface area contributed by atoms with Gasteiger partial charge in [-0.15, -0.1) is 0 Å². The number of aryl methyl sites for hydroxylation is 2. The fourth-order valence-corrected chi connectivity index (χ4v) is 3.44. The average Bonchev–Trinajstić information content (AvgIpc) is 2.71. The fraction of sp³-hybridized carbons (Fsp3) is 0.227. The lowest BCUT2D eigenvalue weighted by atomic mass is 10.1. The number of carbonyl (C=O) groups is 1. The van der Waals surface area contributed by atoms with Gasteiger partial charge in [0.2, 0.25) is 5.91 Å². The molecule has 0 saturated carbocycles. The highest BCUT2D eigenvalue weighted by molar-refractivity contribution is 6.33. The maximum absolute atomic E-state index is 13.1. The van der Waals surface area contributed by atoms with Crippen molar-refractivity contribution >= 4 is 23.2 Å². The Hall–Kier alpha value is -2.96. The molecule has 1 heterocycles. The van der Waals surface area contributed by atoms with E-state index in [0.29, 0.717) is 27.8 Å². The number of rotatable bonds is 6. The first-order valence-electron chi connectivity index (χ1n) is 9.24. The van der Waals surface area contributed by atoms with Crippen molar-refractivity contribution in [3.05, 3.63) is 80.7 Å². The Kier molecular flexibility index (Phi) is 6.46. The largest absolute Gasteiger partial charge is 0.396 e. The van der Waals surface area contributed by atoms with Crippen LogP contribution in [0.5, 0.6) is 0 Å². The van der Waals surface area contributed by atoms with Crippen LogP contribution in [-0.2, 0) is 17.8 Å². The Morgan fingerprint density at radius 1 is 1.14 bits per heavy atom. The number of amides is 1. The zero-order valence-corrected chi connectivity index (χ0v) is 17.0. The molecule has 3 rings (SSSR count). The van der Waals surface area contributed by atoms with Gasteiger partial charge in [0, 0.05) is 29.8 Å². The molecule has 0 saturated heterocycles. The van der Waals surface area contributed by atoms with Crippen LogP contribution in [0, 0.1) is 13.8 Å². The van der Waals surface area contributed by atoms with Crippen LogP contribution in [0.4, 0.5) is 5.69 Å². The van der Waals surface area contributed by atoms with Crippen molar-refractivity contribution in [3.63, 3.8) is 0 Å². The highest BCUT2D eigenvalue weighted by atomic mass is 35.5. The number of hydrogen-bond acceptors (Lipinski definition) is 4. The van der Waals surface area contributed by atoms with Gasteiger partial charge in [-0.25, -0.2) is 4.98 Å². The summed E-state index contributed by atoms with van der Waals surface area (Å²) >= 11 is 6.20. The predicted octanol–water partition coefficient (Wildman–Crippen LogP) is 3.35. The van der Waals surface area contributed by atoms with Gasteiger partial charge in [0.15, 0.2) is 0 Å². The van der Waals surface area contributed by atoms with Crippen molar-refractivity contribution in [3.8, 4) is 11.4 Å². The molecular formula is C22H22ClN3O3. The van der Waals surface area contributed by atoms with Gasteiger partial charge in [-0.05, 0) is 25.5 Å². The van der Waals surface area contributed by atoms with E-state index < -0.39 is 0 Å². The van der Waals surface area contributed by atoms with Crippen LogP contribution < -0.4 is 10.9 Å². The molecule has 1 aromatic heterocycles. The van der Waals surface area contributed by atoms with E-state index in [-0.39, 0.29) is 31.0 Å². The van der Waals surface area contributed by atoms with Gasteiger partial charge in [0.05, 0.1) is 10.7 Å². The van der Waals surface area contributed by atoms with Crippen molar-refractivity contribution < 1.29 is 9.90 Å². The van der Waals surface area contributed by atoms with Gasteiger partial charge in [-0.1, -0.05) is 54.1 Å². The minimum Gasteiger partial charge on any atom is -0.396 e. The number of carbonyl (C=O) groups excluding carboxylic acids is 1. The summed E-state index contributed by atoms with van der Waals surface area (Å²) in [7, 11) is 0. The summed E-state index contributed by atoms with van der Waals surface area (Å²) in [5.74, 6) is 0.0157. The average molecular weight is 412 g/mol. The Morgan fingerprint density at radius 3 is 2.52 bits per heavy atom. The van der Waals surface area contributed by atoms with Crippen molar-refractivity contribution in [2.45, 2.75) is 26.8 Å². The molecule has 7 heteroatoms. The van der Waals surface area contributed by atoms with Crippen LogP contribution in [0.3, 0.4) is 0 Å². The number of aliphatic hydroxyl groups is 1. The minimum atomic E-state index is -0.388. The van der Waals surface area contributed by atoms with Gasteiger partial charge in [-0.2, -0.15) is 0 Å². The normalized spacial score (nSPS) is 10.8. The second-order valence-corrected chi connectivity index (χ2v) is 7.12. The number of aromatic nitrogens is 2. The molecule has 0 atom stereocenters. The Bertz CT molecular complexity index is 1070. The third-order valence-corrected chi connectivity index (χ3v) is 4.97. The summed E-state index contributed by atoms with van der Waals surface area (Å²) in [5, 5.41) is 12.5. The predicted molar refractivity (Wildman–Crippen MR) is 114 cm³/mol. The monoisotopic (exact) mass is 411 g/mol. The SMILES string of the molecule is Cc1cccc(Cl)c1NC(=O)Cn1c(-c2ccccc2)nc(C)c(CCO)c1=O. The smallest absolute Gasteiger partial charge is 0.257 e. The minimum absolute atomic E-state index is 0.173. The second-order valence-electron chi connectivity index (χ2n) is 6.71. The quantitative estimate of drug-likeness (QED) is 0.651. The van der Waals surface area contributed by atoms with E-state index in [1.807, 2.05) is 43.3 Å². The molecule has 0 spiro atoms. The molecule has 0 unspecified atom stereocenters. The van der Waals surface area contributed by atoms with E-state index in [2.05, 4.69) is 10.3 Å². The van der Waals surface area contributed by atoms with Crippen LogP contribution in [0.2, 0.25) is 5.02 Å². The number of halogens is 1. The van der Waals surface area contributed by atoms with E-state index >= 15 is 0 Å². The molecule has 0 aliphatic carbocycles. The molecule has 0 bridgehead atoms. The van der Waals surface area contributed by atoms with Crippen LogP contribution in [-0.4, -0.2) is 27.2 Å². The third kappa shape index (κ3) is 4.55. The van der Waals surface area contributed by atoms with Gasteiger partial charge < -0.3 is 10.4 Å². The zero-order valence-electron chi connectivity index (χ0n) is 16.3. The Morgan fingerprint density at radius 2 is 1.86 bits per heavy atom. The van der Waals surface area contributed by atoms with E-state index in [1.165, 1.54) is 4.57 Å². The van der Waals surface area contributed by atoms with E-state index in [9.17, 15) is 14.7 Å². The second kappa shape index (κ2) is 9.03. The maximum Gasteiger partial charge on any atom is 0.257 e. The van der Waals surface area contributed by atoms with Gasteiger partial charge in [-0.3, -0.25) is 14.2 Å². The van der Waals surface area contributed by atoms with Gasteiger partial charge in [0.25, 0.3) is 5.56 Å². The summed E-state index contributed by atoms with van der Waals surface area (Å²) < 4.78 is 1.34. The molecule has 0 radical (unpaired) electrons. The van der Waals surface area contributed by atoms with Gasteiger partial charge >= 0.3 is 0 Å². The standard InChI is InChI=1S/C22H22ClN3O3/c1-14-7-6-10-18(23)20(14)25-19(28)13-26-21(16-8-4-3-5-9-16)24-15(2)17(11-12-27)22(26)29/h3-10,27H,11-13H2,1-2H3,(H,25,28). The molecule has 0 aliphatic rings. The topological polar surface area (TPSA) is 84.2 Å². The molecule has 1 amide bonds. The first-order chi connectivity index (χ1) is 13.9. The number of aliphatic hydroxyl groups excluding tert-OH is 1. The molecule has 0 fully saturated rings. The molecule has 2 N–H and O–H groups in total. The lowest BCUT2D eigenvalue weighted by Crippen LogP contribution is -2.33. The van der Waals surface area contributed by atoms with Crippen LogP contribution in [0.15, 0.2) is 53.3 Å². The van der Waals surface area contributed by atoms with Gasteiger partial charge in [0.1, 0.15) is 12.4 Å². The summed E-state index contributed by atoms with van der Waals surface area (Å²) in [6, 6.07) is 14.6. The van der Waals surface area contributed by atoms with E-state index in [4.69, 9.17) is 11.6 Å². The van der Waals surface area contributed by atoms with Crippen LogP contribution >= 0.6 is 11.6 Å². The van der Waals surface area contributed by atoms with Crippen molar-refractivity contribution in [2.24, 2.45) is 0 Å². The molecule has 2 aromatic carbocycles. The molecule has 3 aromatic rings. The fourth-order valence-electron chi connectivity index (χ4n) is 3.17. The number of hydrogen-bond donors (Lipinski definition) is 2. The number of benzene rings is 2. The first kappa shape index (κ1) is 20.8. The summed E-state index contributed by atoms with van der Waals surface area (Å²) in [4.78, 5) is 30.4. The Balaban J connectivity index is 2.03. The number of nitrogens with one attached hydrogen (secondary N) is 1. The molecule has 0 aliphatic heterocycles.